The van der Waals surface area contributed by atoms with Crippen LogP contribution in [0.3, 0.4) is 0 Å². The second-order valence-electron chi connectivity index (χ2n) is 1.26. The van der Waals surface area contributed by atoms with Crippen LogP contribution in [0.5, 0.6) is 0 Å². The van der Waals surface area contributed by atoms with Crippen molar-refractivity contribution in [2.45, 2.75) is 5.92 Å². The van der Waals surface area contributed by atoms with E-state index in [1.165, 1.54) is 0 Å². The highest BCUT2D eigenvalue weighted by Crippen LogP contribution is 2.12. The molecule has 0 radical (unpaired) electrons. The molecule has 0 amide bonds. The normalized spacial score (nSPS) is 12.0. The molecule has 0 rings (SSSR count). The van der Waals surface area contributed by atoms with Gasteiger partial charge in [-0.3, -0.25) is 5.26 Å². The molecule has 0 aromatic heterocycles. The second kappa shape index (κ2) is 2.88. The molecule has 0 spiro atoms. The Bertz CT molecular complexity index is 65.5. The minimum Gasteiger partial charge on any atom is -0.252 e. The number of hydrogen-bond donors (Lipinski definition) is 1. The summed E-state index contributed by atoms with van der Waals surface area (Å²) in [7, 11) is 0. The van der Waals surface area contributed by atoms with E-state index in [2.05, 4.69) is 4.89 Å². The fourth-order valence-corrected chi connectivity index (χ4v) is 0.133. The molecule has 0 atom stereocenters. The topological polar surface area (TPSA) is 29.5 Å². The van der Waals surface area contributed by atoms with Crippen LogP contribution in [-0.4, -0.2) is 24.5 Å². The van der Waals surface area contributed by atoms with Crippen LogP contribution in [0.2, 0.25) is 0 Å². The molecule has 8 heavy (non-hydrogen) atoms. The first kappa shape index (κ1) is 7.71. The summed E-state index contributed by atoms with van der Waals surface area (Å²) in [6.07, 6.45) is 0. The number of hydrogen-bond acceptors (Lipinski definition) is 2. The standard InChI is InChI=1S/C3H5F3O2/c4-1-3(5,6)2-8-7/h7H,1-2H2. The van der Waals surface area contributed by atoms with Crippen molar-refractivity contribution in [2.75, 3.05) is 13.3 Å². The summed E-state index contributed by atoms with van der Waals surface area (Å²) in [4.78, 5) is 3.01. The van der Waals surface area contributed by atoms with E-state index >= 15 is 0 Å². The van der Waals surface area contributed by atoms with Crippen LogP contribution in [0.25, 0.3) is 0 Å². The van der Waals surface area contributed by atoms with Gasteiger partial charge in [-0.15, -0.1) is 0 Å². The van der Waals surface area contributed by atoms with Gasteiger partial charge in [0.15, 0.2) is 6.67 Å². The Morgan fingerprint density at radius 2 is 2.00 bits per heavy atom. The predicted molar refractivity (Wildman–Crippen MR) is 19.5 cm³/mol. The lowest BCUT2D eigenvalue weighted by molar-refractivity contribution is -0.281. The first-order valence-corrected chi connectivity index (χ1v) is 1.82. The van der Waals surface area contributed by atoms with Crippen LogP contribution < -0.4 is 0 Å². The summed E-state index contributed by atoms with van der Waals surface area (Å²) in [5.74, 6) is -3.55. The SMILES string of the molecule is OOCC(F)(F)CF. The maximum atomic E-state index is 11.5. The highest BCUT2D eigenvalue weighted by atomic mass is 19.3. The molecule has 0 aromatic carbocycles. The van der Waals surface area contributed by atoms with Gasteiger partial charge < -0.3 is 0 Å². The lowest BCUT2D eigenvalue weighted by Gasteiger charge is -2.06. The zero-order chi connectivity index (χ0) is 6.62. The average Bonchev–Trinajstić information content (AvgIpc) is 1.67. The molecule has 0 aromatic rings. The van der Waals surface area contributed by atoms with Crippen LogP contribution in [0.1, 0.15) is 0 Å². The predicted octanol–water partition coefficient (Wildman–Crippen LogP) is 1.08. The zero-order valence-electron chi connectivity index (χ0n) is 3.90. The maximum Gasteiger partial charge on any atom is 0.301 e. The maximum absolute atomic E-state index is 11.5. The van der Waals surface area contributed by atoms with Crippen molar-refractivity contribution >= 4 is 0 Å². The Labute approximate surface area is 43.8 Å². The van der Waals surface area contributed by atoms with Crippen LogP contribution in [0.15, 0.2) is 0 Å². The van der Waals surface area contributed by atoms with Crippen molar-refractivity contribution in [1.29, 1.82) is 0 Å². The number of rotatable bonds is 3. The molecule has 0 saturated carbocycles. The molecule has 0 heterocycles. The van der Waals surface area contributed by atoms with Gasteiger partial charge in [-0.25, -0.2) is 18.1 Å². The van der Waals surface area contributed by atoms with E-state index in [9.17, 15) is 13.2 Å². The van der Waals surface area contributed by atoms with E-state index < -0.39 is 19.2 Å². The highest BCUT2D eigenvalue weighted by Gasteiger charge is 2.29. The molecule has 2 nitrogen and oxygen atoms in total. The molecule has 0 saturated heterocycles. The van der Waals surface area contributed by atoms with Gasteiger partial charge >= 0.3 is 5.92 Å². The van der Waals surface area contributed by atoms with E-state index in [0.717, 1.165) is 0 Å². The van der Waals surface area contributed by atoms with Gasteiger partial charge in [-0.1, -0.05) is 0 Å². The van der Waals surface area contributed by atoms with Crippen molar-refractivity contribution in [3.63, 3.8) is 0 Å². The van der Waals surface area contributed by atoms with Gasteiger partial charge in [-0.05, 0) is 0 Å². The Kier molecular flexibility index (Phi) is 2.78. The molecule has 1 N–H and O–H groups in total. The molecule has 50 valence electrons. The third-order valence-corrected chi connectivity index (χ3v) is 0.471. The summed E-state index contributed by atoms with van der Waals surface area (Å²) < 4.78 is 34.0. The minimum absolute atomic E-state index is 1.29. The van der Waals surface area contributed by atoms with Gasteiger partial charge in [0.1, 0.15) is 6.61 Å². The van der Waals surface area contributed by atoms with Crippen molar-refractivity contribution in [3.8, 4) is 0 Å². The smallest absolute Gasteiger partial charge is 0.252 e. The quantitative estimate of drug-likeness (QED) is 0.457. The van der Waals surface area contributed by atoms with Gasteiger partial charge in [-0.2, -0.15) is 0 Å². The summed E-state index contributed by atoms with van der Waals surface area (Å²) in [5, 5.41) is 7.39. The molecule has 0 unspecified atom stereocenters. The summed E-state index contributed by atoms with van der Waals surface area (Å²) in [6, 6.07) is 0. The van der Waals surface area contributed by atoms with Crippen LogP contribution in [0, 0.1) is 0 Å². The Morgan fingerprint density at radius 3 is 2.12 bits per heavy atom. The largest absolute Gasteiger partial charge is 0.301 e. The van der Waals surface area contributed by atoms with Crippen molar-refractivity contribution in [2.24, 2.45) is 0 Å². The van der Waals surface area contributed by atoms with Crippen molar-refractivity contribution < 1.29 is 23.3 Å². The van der Waals surface area contributed by atoms with Crippen LogP contribution >= 0.6 is 0 Å². The van der Waals surface area contributed by atoms with E-state index in [4.69, 9.17) is 5.26 Å². The molecular formula is C3H5F3O2. The molecule has 0 aliphatic carbocycles. The molecule has 5 heteroatoms. The lowest BCUT2D eigenvalue weighted by Crippen LogP contribution is -2.25. The number of alkyl halides is 3. The summed E-state index contributed by atoms with van der Waals surface area (Å²) in [5.41, 5.74) is 0. The highest BCUT2D eigenvalue weighted by molar-refractivity contribution is 4.60. The Balaban J connectivity index is 3.37. The third-order valence-electron chi connectivity index (χ3n) is 0.471. The summed E-state index contributed by atoms with van der Waals surface area (Å²) >= 11 is 0. The lowest BCUT2D eigenvalue weighted by atomic mass is 10.4. The second-order valence-corrected chi connectivity index (χ2v) is 1.26. The van der Waals surface area contributed by atoms with E-state index in [-0.39, 0.29) is 0 Å². The average molecular weight is 130 g/mol. The Hall–Kier alpha value is -0.290. The van der Waals surface area contributed by atoms with E-state index in [0.29, 0.717) is 0 Å². The fourth-order valence-electron chi connectivity index (χ4n) is 0.133. The monoisotopic (exact) mass is 130 g/mol. The van der Waals surface area contributed by atoms with E-state index in [1.807, 2.05) is 0 Å². The molecule has 0 aliphatic heterocycles. The first-order valence-electron chi connectivity index (χ1n) is 1.82. The van der Waals surface area contributed by atoms with Gasteiger partial charge in [0, 0.05) is 0 Å². The number of halogens is 3. The molecule has 0 bridgehead atoms. The third kappa shape index (κ3) is 2.81. The van der Waals surface area contributed by atoms with Crippen LogP contribution in [0.4, 0.5) is 13.2 Å². The molecular weight excluding hydrogens is 125 g/mol. The zero-order valence-corrected chi connectivity index (χ0v) is 3.90. The summed E-state index contributed by atoms with van der Waals surface area (Å²) in [6.45, 7) is -3.10. The van der Waals surface area contributed by atoms with Crippen molar-refractivity contribution in [3.05, 3.63) is 0 Å². The molecule has 0 fully saturated rings. The van der Waals surface area contributed by atoms with Gasteiger partial charge in [0.2, 0.25) is 0 Å². The first-order chi connectivity index (χ1) is 3.62. The minimum atomic E-state index is -3.55. The van der Waals surface area contributed by atoms with Gasteiger partial charge in [0.25, 0.3) is 0 Å². The van der Waals surface area contributed by atoms with Crippen LogP contribution in [-0.2, 0) is 4.89 Å². The fraction of sp³-hybridized carbons (Fsp3) is 1.00. The van der Waals surface area contributed by atoms with Gasteiger partial charge in [0.05, 0.1) is 0 Å². The van der Waals surface area contributed by atoms with E-state index in [1.54, 1.807) is 0 Å². The molecule has 0 aliphatic rings. The Morgan fingerprint density at radius 1 is 1.50 bits per heavy atom. The van der Waals surface area contributed by atoms with Crippen molar-refractivity contribution in [1.82, 2.24) is 0 Å².